The maximum atomic E-state index is 12.6. The van der Waals surface area contributed by atoms with E-state index in [1.165, 1.54) is 12.7 Å². The van der Waals surface area contributed by atoms with Crippen molar-refractivity contribution >= 4 is 58.2 Å². The van der Waals surface area contributed by atoms with Crippen LogP contribution in [0.3, 0.4) is 0 Å². The summed E-state index contributed by atoms with van der Waals surface area (Å²) in [5, 5.41) is 1.04. The summed E-state index contributed by atoms with van der Waals surface area (Å²) >= 11 is 0. The summed E-state index contributed by atoms with van der Waals surface area (Å²) < 4.78 is 5.31. The van der Waals surface area contributed by atoms with Crippen LogP contribution in [0.1, 0.15) is 57.1 Å². The first kappa shape index (κ1) is 41.7. The molecule has 2 amide bonds. The molecule has 1 aliphatic heterocycles. The van der Waals surface area contributed by atoms with Gasteiger partial charge in [-0.1, -0.05) is 36.4 Å². The van der Waals surface area contributed by atoms with E-state index in [-0.39, 0.29) is 22.9 Å². The Morgan fingerprint density at radius 2 is 1.11 bits per heavy atom. The van der Waals surface area contributed by atoms with Crippen LogP contribution in [0.2, 0.25) is 0 Å². The predicted octanol–water partition coefficient (Wildman–Crippen LogP) is 6.92. The lowest BCUT2D eigenvalue weighted by Gasteiger charge is -2.26. The number of H-pyrrole nitrogens is 4. The van der Waals surface area contributed by atoms with Crippen molar-refractivity contribution in [3.05, 3.63) is 164 Å². The Kier molecular flexibility index (Phi) is 12.7. The Morgan fingerprint density at radius 1 is 0.635 bits per heavy atom. The van der Waals surface area contributed by atoms with Crippen LogP contribution in [-0.4, -0.2) is 101 Å². The number of carbonyl (C=O) groups excluding carboxylic acids is 2. The fraction of sp³-hybridized carbons (Fsp3) is 0.167. The van der Waals surface area contributed by atoms with Gasteiger partial charge in [-0.15, -0.1) is 0 Å². The molecule has 63 heavy (non-hydrogen) atoms. The van der Waals surface area contributed by atoms with Gasteiger partial charge in [0, 0.05) is 72.2 Å². The first-order valence-corrected chi connectivity index (χ1v) is 20.5. The number of hydrogen-bond donors (Lipinski definition) is 4. The van der Waals surface area contributed by atoms with Crippen LogP contribution >= 0.6 is 0 Å². The summed E-state index contributed by atoms with van der Waals surface area (Å²) in [7, 11) is 0. The summed E-state index contributed by atoms with van der Waals surface area (Å²) in [4.78, 5) is 81.1. The van der Waals surface area contributed by atoms with Gasteiger partial charge in [-0.05, 0) is 97.8 Å². The van der Waals surface area contributed by atoms with Crippen LogP contribution in [0.25, 0.3) is 68.9 Å². The number of ether oxygens (including phenoxy) is 1. The molecule has 7 heterocycles. The number of aromatic nitrogens is 8. The number of pyridine rings is 2. The number of hydrogen-bond acceptors (Lipinski definition) is 9. The SMILES string of the molecule is CCN(CC)C(=O)c1ccc(C=Cc2cc(-c3cc4c(=O)[nH]cnc4[nH]3)ccn2)cc1.O=C(c1ccc(C=Cc2cc(-c3cc4c(=O)[nH]cnc4[nH]3)ccn2)cc1)N1CCOCC1. The average molecular weight is 841 g/mol. The molecule has 0 unspecified atom stereocenters. The molecule has 0 atom stereocenters. The third kappa shape index (κ3) is 9.79. The Hall–Kier alpha value is -8.04. The molecule has 0 spiro atoms. The maximum absolute atomic E-state index is 12.6. The lowest BCUT2D eigenvalue weighted by molar-refractivity contribution is 0.0303. The topological polar surface area (TPSA) is 199 Å². The molecule has 1 saturated heterocycles. The van der Waals surface area contributed by atoms with E-state index >= 15 is 0 Å². The van der Waals surface area contributed by atoms with E-state index in [1.54, 1.807) is 29.4 Å². The molecule has 1 aliphatic rings. The second-order valence-electron chi connectivity index (χ2n) is 14.6. The lowest BCUT2D eigenvalue weighted by atomic mass is 10.1. The minimum Gasteiger partial charge on any atom is -0.378 e. The van der Waals surface area contributed by atoms with Gasteiger partial charge in [0.2, 0.25) is 0 Å². The van der Waals surface area contributed by atoms with Crippen molar-refractivity contribution in [2.75, 3.05) is 39.4 Å². The van der Waals surface area contributed by atoms with Crippen molar-refractivity contribution in [2.45, 2.75) is 13.8 Å². The number of benzene rings is 2. The molecule has 15 heteroatoms. The van der Waals surface area contributed by atoms with Crippen molar-refractivity contribution in [1.29, 1.82) is 0 Å². The number of fused-ring (bicyclic) bond motifs is 2. The van der Waals surface area contributed by atoms with Crippen molar-refractivity contribution in [2.24, 2.45) is 0 Å². The molecule has 0 bridgehead atoms. The van der Waals surface area contributed by atoms with E-state index in [9.17, 15) is 19.2 Å². The van der Waals surface area contributed by atoms with Gasteiger partial charge in [-0.25, -0.2) is 9.97 Å². The number of amides is 2. The van der Waals surface area contributed by atoms with Gasteiger partial charge in [0.25, 0.3) is 22.9 Å². The normalized spacial score (nSPS) is 12.8. The summed E-state index contributed by atoms with van der Waals surface area (Å²) in [5.41, 5.74) is 9.01. The van der Waals surface area contributed by atoms with Gasteiger partial charge < -0.3 is 34.5 Å². The molecule has 4 N–H and O–H groups in total. The molecule has 0 radical (unpaired) electrons. The van der Waals surface area contributed by atoms with Crippen LogP contribution in [0.4, 0.5) is 0 Å². The number of nitrogens with zero attached hydrogens (tertiary/aromatic N) is 6. The fourth-order valence-electron chi connectivity index (χ4n) is 7.11. The third-order valence-electron chi connectivity index (χ3n) is 10.6. The van der Waals surface area contributed by atoms with E-state index in [0.29, 0.717) is 72.6 Å². The summed E-state index contributed by atoms with van der Waals surface area (Å²) in [6, 6.07) is 26.3. The molecule has 15 nitrogen and oxygen atoms in total. The van der Waals surface area contributed by atoms with Gasteiger partial charge in [-0.2, -0.15) is 0 Å². The Morgan fingerprint density at radius 3 is 1.57 bits per heavy atom. The molecule has 6 aromatic heterocycles. The zero-order chi connectivity index (χ0) is 43.7. The zero-order valence-electron chi connectivity index (χ0n) is 34.7. The molecular weight excluding hydrogens is 797 g/mol. The Labute approximate surface area is 361 Å². The predicted molar refractivity (Wildman–Crippen MR) is 245 cm³/mol. The highest BCUT2D eigenvalue weighted by atomic mass is 16.5. The minimum atomic E-state index is -0.178. The van der Waals surface area contributed by atoms with Crippen molar-refractivity contribution in [1.82, 2.24) is 49.7 Å². The first-order chi connectivity index (χ1) is 30.8. The number of rotatable bonds is 10. The second kappa shape index (κ2) is 19.1. The highest BCUT2D eigenvalue weighted by Crippen LogP contribution is 2.24. The molecule has 1 fully saturated rings. The third-order valence-corrected chi connectivity index (χ3v) is 10.6. The van der Waals surface area contributed by atoms with Gasteiger partial charge >= 0.3 is 0 Å². The van der Waals surface area contributed by atoms with Gasteiger partial charge in [-0.3, -0.25) is 29.1 Å². The summed E-state index contributed by atoms with van der Waals surface area (Å²) in [6.45, 7) is 7.77. The molecule has 2 aromatic carbocycles. The first-order valence-electron chi connectivity index (χ1n) is 20.5. The lowest BCUT2D eigenvalue weighted by Crippen LogP contribution is -2.40. The van der Waals surface area contributed by atoms with Crippen LogP contribution in [0.15, 0.2) is 120 Å². The average Bonchev–Trinajstić information content (AvgIpc) is 3.99. The van der Waals surface area contributed by atoms with Gasteiger partial charge in [0.05, 0.1) is 48.0 Å². The largest absolute Gasteiger partial charge is 0.378 e. The van der Waals surface area contributed by atoms with Gasteiger partial charge in [0.1, 0.15) is 11.3 Å². The number of carbonyl (C=O) groups is 2. The van der Waals surface area contributed by atoms with Crippen LogP contribution in [0.5, 0.6) is 0 Å². The van der Waals surface area contributed by atoms with Crippen LogP contribution < -0.4 is 11.1 Å². The second-order valence-corrected chi connectivity index (χ2v) is 14.6. The summed E-state index contributed by atoms with van der Waals surface area (Å²) in [6.07, 6.45) is 13.9. The number of aromatic amines is 4. The molecule has 316 valence electrons. The number of morpholine rings is 1. The van der Waals surface area contributed by atoms with Gasteiger partial charge in [0.15, 0.2) is 0 Å². The van der Waals surface area contributed by atoms with Crippen LogP contribution in [0, 0.1) is 0 Å². The molecule has 8 aromatic rings. The monoisotopic (exact) mass is 840 g/mol. The van der Waals surface area contributed by atoms with Crippen molar-refractivity contribution < 1.29 is 14.3 Å². The maximum Gasteiger partial charge on any atom is 0.260 e. The quantitative estimate of drug-likeness (QED) is 0.113. The zero-order valence-corrected chi connectivity index (χ0v) is 34.7. The fourth-order valence-corrected chi connectivity index (χ4v) is 7.11. The summed E-state index contributed by atoms with van der Waals surface area (Å²) in [5.74, 6) is 0.0754. The molecule has 9 rings (SSSR count). The van der Waals surface area contributed by atoms with Crippen molar-refractivity contribution in [3.8, 4) is 22.5 Å². The Balaban J connectivity index is 0.000000173. The van der Waals surface area contributed by atoms with Crippen molar-refractivity contribution in [3.63, 3.8) is 0 Å². The smallest absolute Gasteiger partial charge is 0.260 e. The van der Waals surface area contributed by atoms with E-state index < -0.39 is 0 Å². The van der Waals surface area contributed by atoms with Crippen LogP contribution in [-0.2, 0) is 4.74 Å². The molecule has 0 saturated carbocycles. The molecular formula is C48H44N10O5. The Bertz CT molecular complexity index is 3060. The van der Waals surface area contributed by atoms with E-state index in [0.717, 1.165) is 45.0 Å². The highest BCUT2D eigenvalue weighted by molar-refractivity contribution is 5.95. The number of nitrogens with one attached hydrogen (secondary N) is 4. The standard InChI is InChI=1S/C24H21N5O3.C24H23N5O2/c30-23-20-14-21(28-22(20)26-15-27-23)18-7-8-25-19(13-18)6-3-16-1-4-17(5-2-16)24(31)29-9-11-32-12-10-29;1-3-29(4-2)24(31)17-8-5-16(6-9-17)7-10-19-13-18(11-12-25-19)21-14-20-22(28-21)26-15-27-23(20)30/h1-8,13-15H,9-12H2,(H2,26,27,28,30);5-15H,3-4H2,1-2H3,(H2,26,27,28,30). The van der Waals surface area contributed by atoms with E-state index in [4.69, 9.17) is 4.74 Å². The van der Waals surface area contributed by atoms with E-state index in [2.05, 4.69) is 39.9 Å². The highest BCUT2D eigenvalue weighted by Gasteiger charge is 2.18. The minimum absolute atomic E-state index is 0.0323. The molecule has 0 aliphatic carbocycles. The van der Waals surface area contributed by atoms with E-state index in [1.807, 2.05) is 116 Å².